The van der Waals surface area contributed by atoms with Crippen molar-refractivity contribution in [1.29, 1.82) is 0 Å². The maximum atomic E-state index is 5.80. The lowest BCUT2D eigenvalue weighted by Crippen LogP contribution is -2.41. The van der Waals surface area contributed by atoms with Crippen LogP contribution in [0.15, 0.2) is 0 Å². The van der Waals surface area contributed by atoms with E-state index in [0.717, 1.165) is 5.92 Å². The van der Waals surface area contributed by atoms with Gasteiger partial charge in [-0.15, -0.1) is 0 Å². The molecule has 0 spiro atoms. The molecule has 2 unspecified atom stereocenters. The smallest absolute Gasteiger partial charge is 0.0902 e. The van der Waals surface area contributed by atoms with Crippen LogP contribution in [-0.2, 0) is 0 Å². The van der Waals surface area contributed by atoms with Gasteiger partial charge in [-0.1, -0.05) is 45.3 Å². The predicted octanol–water partition coefficient (Wildman–Crippen LogP) is 2.95. The number of nitrogens with two attached hydrogens (primary N) is 1. The minimum atomic E-state index is 0.380. The van der Waals surface area contributed by atoms with Gasteiger partial charge in [-0.25, -0.2) is 0 Å². The van der Waals surface area contributed by atoms with Crippen LogP contribution in [0.3, 0.4) is 0 Å². The van der Waals surface area contributed by atoms with Crippen molar-refractivity contribution in [1.82, 2.24) is 4.90 Å². The molecule has 0 aliphatic carbocycles. The zero-order valence-electron chi connectivity index (χ0n) is 10.7. The molecule has 0 saturated carbocycles. The molecule has 1 saturated heterocycles. The SMILES string of the molecule is CCCCC(CC)CN1CCCC1C(N)=S. The fraction of sp³-hybridized carbons (Fsp3) is 0.923. The fourth-order valence-electron chi connectivity index (χ4n) is 2.62. The Kier molecular flexibility index (Phi) is 6.29. The molecule has 2 N–H and O–H groups in total. The van der Waals surface area contributed by atoms with Crippen LogP contribution in [-0.4, -0.2) is 29.0 Å². The van der Waals surface area contributed by atoms with Crippen molar-refractivity contribution in [3.8, 4) is 0 Å². The van der Waals surface area contributed by atoms with Crippen molar-refractivity contribution in [3.05, 3.63) is 0 Å². The van der Waals surface area contributed by atoms with E-state index in [0.29, 0.717) is 11.0 Å². The van der Waals surface area contributed by atoms with Gasteiger partial charge in [-0.3, -0.25) is 4.90 Å². The molecule has 0 aromatic carbocycles. The predicted molar refractivity (Wildman–Crippen MR) is 74.7 cm³/mol. The largest absolute Gasteiger partial charge is 0.392 e. The highest BCUT2D eigenvalue weighted by Gasteiger charge is 2.27. The lowest BCUT2D eigenvalue weighted by molar-refractivity contribution is 0.237. The third-order valence-corrected chi connectivity index (χ3v) is 4.00. The lowest BCUT2D eigenvalue weighted by atomic mass is 9.98. The normalized spacial score (nSPS) is 23.5. The van der Waals surface area contributed by atoms with Crippen molar-refractivity contribution in [2.24, 2.45) is 11.7 Å². The van der Waals surface area contributed by atoms with E-state index in [-0.39, 0.29) is 0 Å². The quantitative estimate of drug-likeness (QED) is 0.696. The van der Waals surface area contributed by atoms with Gasteiger partial charge in [0.1, 0.15) is 0 Å². The third kappa shape index (κ3) is 4.02. The lowest BCUT2D eigenvalue weighted by Gasteiger charge is -2.27. The summed E-state index contributed by atoms with van der Waals surface area (Å²) in [5.41, 5.74) is 5.80. The second-order valence-electron chi connectivity index (χ2n) is 4.97. The van der Waals surface area contributed by atoms with Gasteiger partial charge in [-0.2, -0.15) is 0 Å². The summed E-state index contributed by atoms with van der Waals surface area (Å²) < 4.78 is 0. The number of rotatable bonds is 7. The first-order valence-corrected chi connectivity index (χ1v) is 7.13. The van der Waals surface area contributed by atoms with Crippen molar-refractivity contribution in [2.75, 3.05) is 13.1 Å². The van der Waals surface area contributed by atoms with Gasteiger partial charge in [0.25, 0.3) is 0 Å². The molecule has 2 atom stereocenters. The van der Waals surface area contributed by atoms with Gasteiger partial charge >= 0.3 is 0 Å². The summed E-state index contributed by atoms with van der Waals surface area (Å²) in [6.45, 7) is 6.94. The molecule has 0 aromatic rings. The molecule has 1 heterocycles. The Bertz CT molecular complexity index is 218. The highest BCUT2D eigenvalue weighted by atomic mass is 32.1. The van der Waals surface area contributed by atoms with Crippen LogP contribution < -0.4 is 5.73 Å². The molecule has 16 heavy (non-hydrogen) atoms. The zero-order valence-corrected chi connectivity index (χ0v) is 11.6. The Morgan fingerprint density at radius 3 is 2.81 bits per heavy atom. The molecule has 0 amide bonds. The van der Waals surface area contributed by atoms with Gasteiger partial charge in [0.2, 0.25) is 0 Å². The third-order valence-electron chi connectivity index (χ3n) is 3.73. The molecule has 0 aromatic heterocycles. The molecular weight excluding hydrogens is 216 g/mol. The van der Waals surface area contributed by atoms with Crippen molar-refractivity contribution >= 4 is 17.2 Å². The number of unbranched alkanes of at least 4 members (excludes halogenated alkanes) is 1. The Hall–Kier alpha value is -0.150. The first-order chi connectivity index (χ1) is 7.69. The standard InChI is InChI=1S/C13H26N2S/c1-3-5-7-11(4-2)10-15-9-6-8-12(15)13(14)16/h11-12H,3-10H2,1-2H3,(H2,14,16). The molecule has 1 fully saturated rings. The van der Waals surface area contributed by atoms with Crippen LogP contribution in [0.2, 0.25) is 0 Å². The van der Waals surface area contributed by atoms with E-state index in [1.54, 1.807) is 0 Å². The second-order valence-corrected chi connectivity index (χ2v) is 5.44. The minimum Gasteiger partial charge on any atom is -0.392 e. The maximum Gasteiger partial charge on any atom is 0.0902 e. The van der Waals surface area contributed by atoms with E-state index in [2.05, 4.69) is 18.7 Å². The topological polar surface area (TPSA) is 29.3 Å². The van der Waals surface area contributed by atoms with E-state index in [1.807, 2.05) is 0 Å². The molecule has 0 radical (unpaired) electrons. The Balaban J connectivity index is 2.40. The first kappa shape index (κ1) is 13.9. The molecule has 1 aliphatic rings. The molecule has 2 nitrogen and oxygen atoms in total. The minimum absolute atomic E-state index is 0.380. The van der Waals surface area contributed by atoms with E-state index in [4.69, 9.17) is 18.0 Å². The molecule has 0 bridgehead atoms. The molecular formula is C13H26N2S. The fourth-order valence-corrected chi connectivity index (χ4v) is 2.88. The van der Waals surface area contributed by atoms with E-state index >= 15 is 0 Å². The Morgan fingerprint density at radius 2 is 2.25 bits per heavy atom. The summed E-state index contributed by atoms with van der Waals surface area (Å²) in [6, 6.07) is 0.380. The van der Waals surface area contributed by atoms with E-state index < -0.39 is 0 Å². The monoisotopic (exact) mass is 242 g/mol. The first-order valence-electron chi connectivity index (χ1n) is 6.72. The van der Waals surface area contributed by atoms with Crippen LogP contribution in [0.4, 0.5) is 0 Å². The Morgan fingerprint density at radius 1 is 1.50 bits per heavy atom. The van der Waals surface area contributed by atoms with Crippen LogP contribution in [0, 0.1) is 5.92 Å². The molecule has 3 heteroatoms. The average Bonchev–Trinajstić information content (AvgIpc) is 2.72. The number of hydrogen-bond acceptors (Lipinski definition) is 2. The van der Waals surface area contributed by atoms with Crippen molar-refractivity contribution in [2.45, 2.75) is 58.4 Å². The summed E-state index contributed by atoms with van der Waals surface area (Å²) in [5, 5.41) is 0. The second kappa shape index (κ2) is 7.23. The molecule has 94 valence electrons. The van der Waals surface area contributed by atoms with Crippen molar-refractivity contribution < 1.29 is 0 Å². The number of likely N-dealkylation sites (tertiary alicyclic amines) is 1. The van der Waals surface area contributed by atoms with Crippen LogP contribution in [0.25, 0.3) is 0 Å². The average molecular weight is 242 g/mol. The van der Waals surface area contributed by atoms with Gasteiger partial charge in [0.05, 0.1) is 11.0 Å². The number of hydrogen-bond donors (Lipinski definition) is 1. The summed E-state index contributed by atoms with van der Waals surface area (Å²) >= 11 is 5.15. The molecule has 1 aliphatic heterocycles. The van der Waals surface area contributed by atoms with Crippen molar-refractivity contribution in [3.63, 3.8) is 0 Å². The number of nitrogens with zero attached hydrogens (tertiary/aromatic N) is 1. The summed E-state index contributed by atoms with van der Waals surface area (Å²) in [5.74, 6) is 0.829. The Labute approximate surface area is 106 Å². The van der Waals surface area contributed by atoms with Gasteiger partial charge in [0.15, 0.2) is 0 Å². The van der Waals surface area contributed by atoms with Crippen LogP contribution >= 0.6 is 12.2 Å². The number of thiocarbonyl (C=S) groups is 1. The summed E-state index contributed by atoms with van der Waals surface area (Å²) in [7, 11) is 0. The zero-order chi connectivity index (χ0) is 12.0. The van der Waals surface area contributed by atoms with E-state index in [9.17, 15) is 0 Å². The van der Waals surface area contributed by atoms with E-state index in [1.165, 1.54) is 51.6 Å². The van der Waals surface area contributed by atoms with Gasteiger partial charge in [0, 0.05) is 6.54 Å². The van der Waals surface area contributed by atoms with Gasteiger partial charge < -0.3 is 5.73 Å². The highest BCUT2D eigenvalue weighted by Crippen LogP contribution is 2.22. The summed E-state index contributed by atoms with van der Waals surface area (Å²) in [6.07, 6.45) is 7.71. The van der Waals surface area contributed by atoms with Crippen LogP contribution in [0.1, 0.15) is 52.4 Å². The van der Waals surface area contributed by atoms with Gasteiger partial charge in [-0.05, 0) is 31.7 Å². The maximum absolute atomic E-state index is 5.80. The van der Waals surface area contributed by atoms with Crippen LogP contribution in [0.5, 0.6) is 0 Å². The molecule has 1 rings (SSSR count). The summed E-state index contributed by atoms with van der Waals surface area (Å²) in [4.78, 5) is 3.20. The highest BCUT2D eigenvalue weighted by molar-refractivity contribution is 7.80.